The number of aromatic nitrogens is 2. The summed E-state index contributed by atoms with van der Waals surface area (Å²) in [6.07, 6.45) is 4.06. The van der Waals surface area contributed by atoms with Crippen molar-refractivity contribution in [3.8, 4) is 5.69 Å². The second-order valence-electron chi connectivity index (χ2n) is 7.98. The number of amides is 1. The Labute approximate surface area is 203 Å². The van der Waals surface area contributed by atoms with E-state index in [9.17, 15) is 14.4 Å². The zero-order valence-corrected chi connectivity index (χ0v) is 19.7. The lowest BCUT2D eigenvalue weighted by Crippen LogP contribution is -2.23. The summed E-state index contributed by atoms with van der Waals surface area (Å²) in [4.78, 5) is 44.3. The van der Waals surface area contributed by atoms with Crippen LogP contribution in [-0.4, -0.2) is 32.3 Å². The molecule has 9 heteroatoms. The Kier molecular flexibility index (Phi) is 6.21. The van der Waals surface area contributed by atoms with Gasteiger partial charge in [0.25, 0.3) is 5.56 Å². The van der Waals surface area contributed by atoms with E-state index >= 15 is 0 Å². The highest BCUT2D eigenvalue weighted by Crippen LogP contribution is 2.35. The first kappa shape index (κ1) is 22.4. The SMILES string of the molecule is O=C(CSc1nc2sc3c(c2c(=O)n1-c1ccccc1)CCCC3)Nc1cccc(C(=O)O)c1. The van der Waals surface area contributed by atoms with E-state index < -0.39 is 5.97 Å². The zero-order valence-electron chi connectivity index (χ0n) is 18.1. The molecule has 1 amide bonds. The lowest BCUT2D eigenvalue weighted by atomic mass is 9.97. The van der Waals surface area contributed by atoms with Gasteiger partial charge >= 0.3 is 5.97 Å². The fourth-order valence-corrected chi connectivity index (χ4v) is 6.26. The smallest absolute Gasteiger partial charge is 0.335 e. The number of fused-ring (bicyclic) bond motifs is 3. The summed E-state index contributed by atoms with van der Waals surface area (Å²) in [7, 11) is 0. The number of aromatic carboxylic acids is 1. The standard InChI is InChI=1S/C25H21N3O4S2/c29-20(26-16-8-6-7-15(13-16)24(31)32)14-33-25-27-22-21(18-11-4-5-12-19(18)34-22)23(30)28(25)17-9-2-1-3-10-17/h1-3,6-10,13H,4-5,11-12,14H2,(H,26,29)(H,31,32). The molecule has 4 aromatic rings. The number of nitrogens with one attached hydrogen (secondary N) is 1. The zero-order chi connectivity index (χ0) is 23.7. The number of carboxylic acids is 1. The number of hydrogen-bond acceptors (Lipinski definition) is 6. The minimum absolute atomic E-state index is 0.0210. The molecule has 2 aromatic heterocycles. The van der Waals surface area contributed by atoms with Gasteiger partial charge in [0.05, 0.1) is 22.4 Å². The van der Waals surface area contributed by atoms with Gasteiger partial charge in [-0.1, -0.05) is 36.0 Å². The topological polar surface area (TPSA) is 101 Å². The molecular weight excluding hydrogens is 470 g/mol. The van der Waals surface area contributed by atoms with Gasteiger partial charge in [0.15, 0.2) is 5.16 Å². The third kappa shape index (κ3) is 4.36. The molecule has 0 radical (unpaired) electrons. The van der Waals surface area contributed by atoms with Crippen LogP contribution in [0.1, 0.15) is 33.6 Å². The Morgan fingerprint density at radius 1 is 1.09 bits per heavy atom. The van der Waals surface area contributed by atoms with Crippen LogP contribution in [0.4, 0.5) is 5.69 Å². The van der Waals surface area contributed by atoms with Crippen LogP contribution in [0.3, 0.4) is 0 Å². The van der Waals surface area contributed by atoms with Gasteiger partial charge in [-0.3, -0.25) is 14.2 Å². The Morgan fingerprint density at radius 3 is 2.68 bits per heavy atom. The van der Waals surface area contributed by atoms with Gasteiger partial charge in [-0.25, -0.2) is 9.78 Å². The molecule has 0 bridgehead atoms. The van der Waals surface area contributed by atoms with E-state index in [2.05, 4.69) is 5.32 Å². The number of benzene rings is 2. The van der Waals surface area contributed by atoms with Crippen molar-refractivity contribution in [2.45, 2.75) is 30.8 Å². The number of aryl methyl sites for hydroxylation is 2. The van der Waals surface area contributed by atoms with Crippen LogP contribution >= 0.6 is 23.1 Å². The van der Waals surface area contributed by atoms with E-state index in [1.807, 2.05) is 30.3 Å². The summed E-state index contributed by atoms with van der Waals surface area (Å²) in [5.74, 6) is -1.35. The van der Waals surface area contributed by atoms with Crippen LogP contribution in [0.25, 0.3) is 15.9 Å². The van der Waals surface area contributed by atoms with Crippen molar-refractivity contribution in [2.75, 3.05) is 11.1 Å². The lowest BCUT2D eigenvalue weighted by molar-refractivity contribution is -0.113. The summed E-state index contributed by atoms with van der Waals surface area (Å²) >= 11 is 2.76. The molecule has 1 aliphatic rings. The Bertz CT molecular complexity index is 1460. The molecule has 0 atom stereocenters. The summed E-state index contributed by atoms with van der Waals surface area (Å²) in [5.41, 5.74) is 2.22. The Hall–Kier alpha value is -3.43. The van der Waals surface area contributed by atoms with Crippen molar-refractivity contribution in [1.29, 1.82) is 0 Å². The third-order valence-corrected chi connectivity index (χ3v) is 7.82. The number of thiophene rings is 1. The van der Waals surface area contributed by atoms with Crippen LogP contribution < -0.4 is 10.9 Å². The number of carbonyl (C=O) groups excluding carboxylic acids is 1. The van der Waals surface area contributed by atoms with Gasteiger partial charge in [0.1, 0.15) is 4.83 Å². The molecule has 0 spiro atoms. The highest BCUT2D eigenvalue weighted by Gasteiger charge is 2.23. The third-order valence-electron chi connectivity index (χ3n) is 5.70. The van der Waals surface area contributed by atoms with Crippen molar-refractivity contribution in [2.24, 2.45) is 0 Å². The van der Waals surface area contributed by atoms with Gasteiger partial charge in [-0.05, 0) is 61.6 Å². The van der Waals surface area contributed by atoms with Crippen LogP contribution in [0.2, 0.25) is 0 Å². The number of carbonyl (C=O) groups is 2. The van der Waals surface area contributed by atoms with Gasteiger partial charge in [0.2, 0.25) is 5.91 Å². The normalized spacial score (nSPS) is 12.9. The Morgan fingerprint density at radius 2 is 1.88 bits per heavy atom. The minimum atomic E-state index is -1.06. The summed E-state index contributed by atoms with van der Waals surface area (Å²) < 4.78 is 1.59. The van der Waals surface area contributed by atoms with Gasteiger partial charge in [-0.15, -0.1) is 11.3 Å². The molecule has 2 heterocycles. The molecule has 0 fully saturated rings. The highest BCUT2D eigenvalue weighted by atomic mass is 32.2. The second-order valence-corrected chi connectivity index (χ2v) is 10.0. The van der Waals surface area contributed by atoms with E-state index in [1.165, 1.54) is 28.8 Å². The first-order valence-corrected chi connectivity index (χ1v) is 12.7. The predicted molar refractivity (Wildman–Crippen MR) is 135 cm³/mol. The van der Waals surface area contributed by atoms with Crippen LogP contribution in [0.5, 0.6) is 0 Å². The van der Waals surface area contributed by atoms with Crippen molar-refractivity contribution in [3.63, 3.8) is 0 Å². The van der Waals surface area contributed by atoms with E-state index in [0.717, 1.165) is 36.1 Å². The maximum absolute atomic E-state index is 13.7. The van der Waals surface area contributed by atoms with Gasteiger partial charge in [-0.2, -0.15) is 0 Å². The molecule has 2 N–H and O–H groups in total. The fourth-order valence-electron chi connectivity index (χ4n) is 4.15. The van der Waals surface area contributed by atoms with E-state index in [-0.39, 0.29) is 22.8 Å². The summed E-state index contributed by atoms with van der Waals surface area (Å²) in [5, 5.41) is 13.0. The molecule has 2 aromatic carbocycles. The molecule has 5 rings (SSSR count). The van der Waals surface area contributed by atoms with Crippen molar-refractivity contribution >= 4 is 50.9 Å². The van der Waals surface area contributed by atoms with Crippen molar-refractivity contribution in [1.82, 2.24) is 9.55 Å². The molecule has 0 aliphatic heterocycles. The van der Waals surface area contributed by atoms with Gasteiger partial charge in [0, 0.05) is 10.6 Å². The molecule has 0 unspecified atom stereocenters. The number of carboxylic acid groups (broad SMARTS) is 1. The largest absolute Gasteiger partial charge is 0.478 e. The molecule has 0 saturated heterocycles. The number of rotatable bonds is 6. The predicted octanol–water partition coefficient (Wildman–Crippen LogP) is 4.76. The number of thioether (sulfide) groups is 1. The van der Waals surface area contributed by atoms with Crippen LogP contribution in [-0.2, 0) is 17.6 Å². The first-order valence-electron chi connectivity index (χ1n) is 10.9. The van der Waals surface area contributed by atoms with Crippen LogP contribution in [0.15, 0.2) is 64.5 Å². The molecule has 7 nitrogen and oxygen atoms in total. The lowest BCUT2D eigenvalue weighted by Gasteiger charge is -2.13. The van der Waals surface area contributed by atoms with Crippen molar-refractivity contribution < 1.29 is 14.7 Å². The first-order chi connectivity index (χ1) is 16.5. The molecule has 1 aliphatic carbocycles. The number of nitrogens with zero attached hydrogens (tertiary/aromatic N) is 2. The van der Waals surface area contributed by atoms with Gasteiger partial charge < -0.3 is 10.4 Å². The molecule has 0 saturated carbocycles. The molecular formula is C25H21N3O4S2. The average Bonchev–Trinajstić information content (AvgIpc) is 3.22. The maximum Gasteiger partial charge on any atom is 0.335 e. The van der Waals surface area contributed by atoms with Crippen LogP contribution in [0, 0.1) is 0 Å². The number of para-hydroxylation sites is 1. The molecule has 172 valence electrons. The number of hydrogen-bond donors (Lipinski definition) is 2. The number of anilines is 1. The van der Waals surface area contributed by atoms with E-state index in [0.29, 0.717) is 21.9 Å². The monoisotopic (exact) mass is 491 g/mol. The average molecular weight is 492 g/mol. The Balaban J connectivity index is 1.47. The summed E-state index contributed by atoms with van der Waals surface area (Å²) in [6, 6.07) is 15.4. The van der Waals surface area contributed by atoms with Crippen molar-refractivity contribution in [3.05, 3.63) is 81.0 Å². The highest BCUT2D eigenvalue weighted by molar-refractivity contribution is 7.99. The second kappa shape index (κ2) is 9.44. The fraction of sp³-hybridized carbons (Fsp3) is 0.200. The maximum atomic E-state index is 13.7. The van der Waals surface area contributed by atoms with E-state index in [4.69, 9.17) is 10.1 Å². The van der Waals surface area contributed by atoms with E-state index in [1.54, 1.807) is 28.0 Å². The summed E-state index contributed by atoms with van der Waals surface area (Å²) in [6.45, 7) is 0. The minimum Gasteiger partial charge on any atom is -0.478 e. The quantitative estimate of drug-likeness (QED) is 0.298. The molecule has 34 heavy (non-hydrogen) atoms.